The minimum absolute atomic E-state index is 0.0279. The SMILES string of the molecule is O=C1CNCCN1Cc1cc(-c2ccccc2F)no1. The molecule has 0 radical (unpaired) electrons. The second-order valence-corrected chi connectivity index (χ2v) is 4.65. The van der Waals surface area contributed by atoms with E-state index in [0.29, 0.717) is 36.7 Å². The van der Waals surface area contributed by atoms with Gasteiger partial charge in [-0.25, -0.2) is 4.39 Å². The fraction of sp³-hybridized carbons (Fsp3) is 0.286. The number of nitrogens with zero attached hydrogens (tertiary/aromatic N) is 2. The summed E-state index contributed by atoms with van der Waals surface area (Å²) in [5.74, 6) is 0.240. The maximum Gasteiger partial charge on any atom is 0.236 e. The van der Waals surface area contributed by atoms with Crippen molar-refractivity contribution in [3.8, 4) is 11.3 Å². The van der Waals surface area contributed by atoms with Crippen LogP contribution in [0.1, 0.15) is 5.76 Å². The molecule has 1 aliphatic rings. The zero-order chi connectivity index (χ0) is 13.9. The van der Waals surface area contributed by atoms with Crippen LogP contribution in [-0.4, -0.2) is 35.6 Å². The molecule has 1 N–H and O–H groups in total. The zero-order valence-electron chi connectivity index (χ0n) is 10.8. The highest BCUT2D eigenvalue weighted by Gasteiger charge is 2.20. The van der Waals surface area contributed by atoms with E-state index in [1.165, 1.54) is 6.07 Å². The lowest BCUT2D eigenvalue weighted by Crippen LogP contribution is -2.47. The number of hydrogen-bond donors (Lipinski definition) is 1. The molecule has 0 spiro atoms. The second-order valence-electron chi connectivity index (χ2n) is 4.65. The van der Waals surface area contributed by atoms with E-state index < -0.39 is 0 Å². The van der Waals surface area contributed by atoms with Gasteiger partial charge >= 0.3 is 0 Å². The summed E-state index contributed by atoms with van der Waals surface area (Å²) in [6, 6.07) is 8.07. The molecule has 2 aromatic rings. The van der Waals surface area contributed by atoms with Crippen molar-refractivity contribution in [1.29, 1.82) is 0 Å². The summed E-state index contributed by atoms with van der Waals surface area (Å²) in [5.41, 5.74) is 0.842. The van der Waals surface area contributed by atoms with Crippen LogP contribution in [0.25, 0.3) is 11.3 Å². The van der Waals surface area contributed by atoms with Gasteiger partial charge in [0.2, 0.25) is 5.91 Å². The van der Waals surface area contributed by atoms with Gasteiger partial charge in [0.05, 0.1) is 13.1 Å². The maximum atomic E-state index is 13.7. The van der Waals surface area contributed by atoms with Crippen molar-refractivity contribution >= 4 is 5.91 Å². The average Bonchev–Trinajstić information content (AvgIpc) is 2.90. The van der Waals surface area contributed by atoms with E-state index in [-0.39, 0.29) is 11.7 Å². The predicted molar refractivity (Wildman–Crippen MR) is 70.2 cm³/mol. The van der Waals surface area contributed by atoms with Gasteiger partial charge in [-0.05, 0) is 12.1 Å². The largest absolute Gasteiger partial charge is 0.359 e. The van der Waals surface area contributed by atoms with Crippen LogP contribution in [0.3, 0.4) is 0 Å². The lowest BCUT2D eigenvalue weighted by Gasteiger charge is -2.26. The monoisotopic (exact) mass is 275 g/mol. The van der Waals surface area contributed by atoms with E-state index in [1.54, 1.807) is 29.2 Å². The fourth-order valence-electron chi connectivity index (χ4n) is 2.18. The van der Waals surface area contributed by atoms with Gasteiger partial charge in [0.15, 0.2) is 5.76 Å². The number of nitrogens with one attached hydrogen (secondary N) is 1. The molecule has 104 valence electrons. The first-order valence-corrected chi connectivity index (χ1v) is 6.43. The molecule has 1 aromatic carbocycles. The summed E-state index contributed by atoms with van der Waals surface area (Å²) in [5, 5.41) is 6.87. The number of rotatable bonds is 3. The number of carbonyl (C=O) groups excluding carboxylic acids is 1. The van der Waals surface area contributed by atoms with E-state index >= 15 is 0 Å². The maximum absolute atomic E-state index is 13.7. The highest BCUT2D eigenvalue weighted by Crippen LogP contribution is 2.22. The quantitative estimate of drug-likeness (QED) is 0.920. The van der Waals surface area contributed by atoms with Gasteiger partial charge in [-0.2, -0.15) is 0 Å². The number of piperazine rings is 1. The van der Waals surface area contributed by atoms with E-state index in [0.717, 1.165) is 6.54 Å². The number of benzene rings is 1. The molecular formula is C14H14FN3O2. The summed E-state index contributed by atoms with van der Waals surface area (Å²) in [6.45, 7) is 2.10. The first-order valence-electron chi connectivity index (χ1n) is 6.43. The Morgan fingerprint density at radius 2 is 2.25 bits per heavy atom. The summed E-state index contributed by atoms with van der Waals surface area (Å²) < 4.78 is 18.8. The van der Waals surface area contributed by atoms with Crippen LogP contribution in [0, 0.1) is 5.82 Å². The molecule has 5 nitrogen and oxygen atoms in total. The molecular weight excluding hydrogens is 261 g/mol. The van der Waals surface area contributed by atoms with Crippen LogP contribution in [0.2, 0.25) is 0 Å². The highest BCUT2D eigenvalue weighted by molar-refractivity contribution is 5.78. The van der Waals surface area contributed by atoms with Crippen molar-refractivity contribution in [2.45, 2.75) is 6.54 Å². The van der Waals surface area contributed by atoms with E-state index in [4.69, 9.17) is 4.52 Å². The van der Waals surface area contributed by atoms with E-state index in [2.05, 4.69) is 10.5 Å². The molecule has 0 unspecified atom stereocenters. The van der Waals surface area contributed by atoms with Gasteiger partial charge in [-0.3, -0.25) is 4.79 Å². The van der Waals surface area contributed by atoms with Crippen LogP contribution in [-0.2, 0) is 11.3 Å². The minimum Gasteiger partial charge on any atom is -0.359 e. The van der Waals surface area contributed by atoms with Crippen molar-refractivity contribution in [3.63, 3.8) is 0 Å². The van der Waals surface area contributed by atoms with Gasteiger partial charge < -0.3 is 14.7 Å². The van der Waals surface area contributed by atoms with Crippen molar-refractivity contribution in [2.75, 3.05) is 19.6 Å². The molecule has 1 amide bonds. The average molecular weight is 275 g/mol. The Hall–Kier alpha value is -2.21. The third kappa shape index (κ3) is 2.55. The Balaban J connectivity index is 1.77. The number of hydrogen-bond acceptors (Lipinski definition) is 4. The third-order valence-electron chi connectivity index (χ3n) is 3.24. The van der Waals surface area contributed by atoms with Crippen molar-refractivity contribution in [2.24, 2.45) is 0 Å². The van der Waals surface area contributed by atoms with Crippen LogP contribution < -0.4 is 5.32 Å². The van der Waals surface area contributed by atoms with Crippen LogP contribution in [0.5, 0.6) is 0 Å². The van der Waals surface area contributed by atoms with Crippen LogP contribution in [0.15, 0.2) is 34.9 Å². The second kappa shape index (κ2) is 5.42. The molecule has 1 aromatic heterocycles. The van der Waals surface area contributed by atoms with Crippen molar-refractivity contribution in [3.05, 3.63) is 41.9 Å². The Kier molecular flexibility index (Phi) is 3.47. The number of aromatic nitrogens is 1. The first-order chi connectivity index (χ1) is 9.74. The number of halogens is 1. The predicted octanol–water partition coefficient (Wildman–Crippen LogP) is 1.41. The van der Waals surface area contributed by atoms with Crippen LogP contribution in [0.4, 0.5) is 4.39 Å². The normalized spacial score (nSPS) is 15.7. The topological polar surface area (TPSA) is 58.4 Å². The molecule has 20 heavy (non-hydrogen) atoms. The molecule has 1 fully saturated rings. The highest BCUT2D eigenvalue weighted by atomic mass is 19.1. The molecule has 0 saturated carbocycles. The smallest absolute Gasteiger partial charge is 0.236 e. The van der Waals surface area contributed by atoms with Gasteiger partial charge in [-0.15, -0.1) is 0 Å². The van der Waals surface area contributed by atoms with Gasteiger partial charge in [0, 0.05) is 24.7 Å². The molecule has 1 aliphatic heterocycles. The summed E-state index contributed by atoms with van der Waals surface area (Å²) in [7, 11) is 0. The number of amides is 1. The molecule has 1 saturated heterocycles. The van der Waals surface area contributed by atoms with Gasteiger partial charge in [0.25, 0.3) is 0 Å². The number of carbonyl (C=O) groups is 1. The minimum atomic E-state index is -0.342. The first kappa shape index (κ1) is 12.8. The fourth-order valence-corrected chi connectivity index (χ4v) is 2.18. The Morgan fingerprint density at radius 3 is 3.05 bits per heavy atom. The lowest BCUT2D eigenvalue weighted by atomic mass is 10.1. The summed E-state index contributed by atoms with van der Waals surface area (Å²) in [6.07, 6.45) is 0. The molecule has 0 atom stereocenters. The Bertz CT molecular complexity index is 626. The van der Waals surface area contributed by atoms with Crippen molar-refractivity contribution < 1.29 is 13.7 Å². The van der Waals surface area contributed by atoms with Crippen molar-refractivity contribution in [1.82, 2.24) is 15.4 Å². The van der Waals surface area contributed by atoms with Crippen LogP contribution >= 0.6 is 0 Å². The molecule has 0 aliphatic carbocycles. The summed E-state index contributed by atoms with van der Waals surface area (Å²) >= 11 is 0. The van der Waals surface area contributed by atoms with E-state index in [9.17, 15) is 9.18 Å². The van der Waals surface area contributed by atoms with Gasteiger partial charge in [0.1, 0.15) is 11.5 Å². The molecule has 0 bridgehead atoms. The third-order valence-corrected chi connectivity index (χ3v) is 3.24. The standard InChI is InChI=1S/C14H14FN3O2/c15-12-4-2-1-3-11(12)13-7-10(20-17-13)9-18-6-5-16-8-14(18)19/h1-4,7,16H,5-6,8-9H2. The molecule has 6 heteroatoms. The summed E-state index contributed by atoms with van der Waals surface area (Å²) in [4.78, 5) is 13.4. The Labute approximate surface area is 115 Å². The van der Waals surface area contributed by atoms with E-state index in [1.807, 2.05) is 0 Å². The molecule has 3 rings (SSSR count). The Morgan fingerprint density at radius 1 is 1.40 bits per heavy atom. The lowest BCUT2D eigenvalue weighted by molar-refractivity contribution is -0.132. The molecule has 2 heterocycles. The van der Waals surface area contributed by atoms with Gasteiger partial charge in [-0.1, -0.05) is 17.3 Å². The zero-order valence-corrected chi connectivity index (χ0v) is 10.8.